The van der Waals surface area contributed by atoms with Gasteiger partial charge in [-0.1, -0.05) is 152 Å². The molecule has 0 saturated heterocycles. The van der Waals surface area contributed by atoms with Crippen LogP contribution in [0.3, 0.4) is 0 Å². The second-order valence-electron chi connectivity index (χ2n) is 12.5. The summed E-state index contributed by atoms with van der Waals surface area (Å²) in [6.07, 6.45) is 1.94. The van der Waals surface area contributed by atoms with Gasteiger partial charge in [0.25, 0.3) is 0 Å². The Morgan fingerprint density at radius 3 is 1.63 bits per heavy atom. The molecule has 0 radical (unpaired) electrons. The topological polar surface area (TPSA) is 25.8 Å². The first-order chi connectivity index (χ1) is 24.3. The second kappa shape index (κ2) is 11.2. The highest BCUT2D eigenvalue weighted by atomic mass is 32.1. The minimum Gasteiger partial charge on any atom is -0.252 e. The number of benzene rings is 8. The van der Waals surface area contributed by atoms with Crippen LogP contribution in [-0.2, 0) is 0 Å². The third-order valence-electron chi connectivity index (χ3n) is 9.74. The number of hydrogen-bond donors (Lipinski definition) is 0. The first-order valence-electron chi connectivity index (χ1n) is 16.6. The van der Waals surface area contributed by atoms with Gasteiger partial charge in [0, 0.05) is 36.5 Å². The van der Waals surface area contributed by atoms with Crippen molar-refractivity contribution in [3.8, 4) is 44.6 Å². The van der Waals surface area contributed by atoms with Gasteiger partial charge >= 0.3 is 0 Å². The van der Waals surface area contributed by atoms with E-state index < -0.39 is 0 Å². The zero-order valence-electron chi connectivity index (χ0n) is 26.5. The molecular formula is C46H28N2S. The van der Waals surface area contributed by atoms with Gasteiger partial charge in [-0.15, -0.1) is 11.3 Å². The largest absolute Gasteiger partial charge is 0.252 e. The van der Waals surface area contributed by atoms with E-state index in [2.05, 4.69) is 164 Å². The molecule has 10 rings (SSSR count). The highest BCUT2D eigenvalue weighted by Gasteiger charge is 2.17. The molecule has 0 atom stereocenters. The Labute approximate surface area is 287 Å². The summed E-state index contributed by atoms with van der Waals surface area (Å²) in [7, 11) is 0. The molecule has 0 amide bonds. The fourth-order valence-electron chi connectivity index (χ4n) is 7.49. The standard InChI is InChI=1S/C46H28N2S/c1-2-16-33(31(15-1)29-13-11-14-30(27-29)32-24-12-25-41-38-21-9-10-26-43(38)49-46(32)41)34-17-3-6-20-37(34)42-28-47-44-39-22-7-4-18-35(39)36-19-5-8-23-40(36)45(44)48-42/h1-28H. The van der Waals surface area contributed by atoms with E-state index in [4.69, 9.17) is 9.97 Å². The molecule has 0 bridgehead atoms. The van der Waals surface area contributed by atoms with Gasteiger partial charge in [-0.05, 0) is 56.3 Å². The smallest absolute Gasteiger partial charge is 0.0979 e. The first kappa shape index (κ1) is 27.9. The molecule has 2 heterocycles. The molecule has 228 valence electrons. The van der Waals surface area contributed by atoms with Crippen LogP contribution in [0.15, 0.2) is 170 Å². The molecule has 0 aliphatic heterocycles. The summed E-state index contributed by atoms with van der Waals surface area (Å²) in [6, 6.07) is 58.7. The quantitative estimate of drug-likeness (QED) is 0.179. The van der Waals surface area contributed by atoms with Crippen LogP contribution < -0.4 is 0 Å². The molecule has 8 aromatic carbocycles. The monoisotopic (exact) mass is 640 g/mol. The van der Waals surface area contributed by atoms with E-state index in [9.17, 15) is 0 Å². The van der Waals surface area contributed by atoms with Gasteiger partial charge in [-0.25, -0.2) is 4.98 Å². The maximum Gasteiger partial charge on any atom is 0.0979 e. The van der Waals surface area contributed by atoms with E-state index in [-0.39, 0.29) is 0 Å². The molecule has 0 aliphatic rings. The number of nitrogens with zero attached hydrogens (tertiary/aromatic N) is 2. The summed E-state index contributed by atoms with van der Waals surface area (Å²) in [5.41, 5.74) is 10.9. The lowest BCUT2D eigenvalue weighted by Crippen LogP contribution is -1.94. The van der Waals surface area contributed by atoms with Crippen molar-refractivity contribution >= 4 is 64.1 Å². The van der Waals surface area contributed by atoms with Crippen LogP contribution in [0.25, 0.3) is 97.4 Å². The summed E-state index contributed by atoms with van der Waals surface area (Å²) in [5.74, 6) is 0. The molecule has 49 heavy (non-hydrogen) atoms. The molecular weight excluding hydrogens is 613 g/mol. The van der Waals surface area contributed by atoms with Crippen LogP contribution >= 0.6 is 11.3 Å². The molecule has 10 aromatic rings. The fourth-order valence-corrected chi connectivity index (χ4v) is 8.73. The van der Waals surface area contributed by atoms with Crippen molar-refractivity contribution in [1.29, 1.82) is 0 Å². The average molecular weight is 641 g/mol. The first-order valence-corrected chi connectivity index (χ1v) is 17.4. The highest BCUT2D eigenvalue weighted by Crippen LogP contribution is 2.43. The molecule has 0 N–H and O–H groups in total. The van der Waals surface area contributed by atoms with E-state index in [1.165, 1.54) is 58.8 Å². The van der Waals surface area contributed by atoms with Crippen molar-refractivity contribution in [2.24, 2.45) is 0 Å². The summed E-state index contributed by atoms with van der Waals surface area (Å²) in [4.78, 5) is 10.4. The van der Waals surface area contributed by atoms with E-state index in [0.29, 0.717) is 0 Å². The van der Waals surface area contributed by atoms with Crippen molar-refractivity contribution in [1.82, 2.24) is 9.97 Å². The zero-order chi connectivity index (χ0) is 32.3. The van der Waals surface area contributed by atoms with Gasteiger partial charge in [0.1, 0.15) is 0 Å². The Balaban J connectivity index is 1.13. The molecule has 0 aliphatic carbocycles. The third-order valence-corrected chi connectivity index (χ3v) is 11.0. The van der Waals surface area contributed by atoms with Crippen LogP contribution in [0.4, 0.5) is 0 Å². The lowest BCUT2D eigenvalue weighted by molar-refractivity contribution is 1.31. The number of rotatable bonds is 4. The van der Waals surface area contributed by atoms with Crippen molar-refractivity contribution in [2.45, 2.75) is 0 Å². The zero-order valence-corrected chi connectivity index (χ0v) is 27.3. The van der Waals surface area contributed by atoms with Crippen molar-refractivity contribution in [2.75, 3.05) is 0 Å². The number of thiophene rings is 1. The van der Waals surface area contributed by atoms with E-state index in [1.54, 1.807) is 0 Å². The lowest BCUT2D eigenvalue weighted by Gasteiger charge is -2.16. The minimum absolute atomic E-state index is 0.864. The summed E-state index contributed by atoms with van der Waals surface area (Å²) in [5, 5.41) is 7.28. The van der Waals surface area contributed by atoms with Crippen LogP contribution in [0, 0.1) is 0 Å². The van der Waals surface area contributed by atoms with Crippen molar-refractivity contribution in [3.63, 3.8) is 0 Å². The molecule has 0 spiro atoms. The fraction of sp³-hybridized carbons (Fsp3) is 0. The Morgan fingerprint density at radius 1 is 0.367 bits per heavy atom. The third kappa shape index (κ3) is 4.47. The van der Waals surface area contributed by atoms with Crippen LogP contribution in [-0.4, -0.2) is 9.97 Å². The van der Waals surface area contributed by atoms with Crippen LogP contribution in [0.1, 0.15) is 0 Å². The molecule has 2 nitrogen and oxygen atoms in total. The summed E-state index contributed by atoms with van der Waals surface area (Å²) < 4.78 is 2.65. The number of aromatic nitrogens is 2. The van der Waals surface area contributed by atoms with Crippen molar-refractivity contribution < 1.29 is 0 Å². The Bertz CT molecular complexity index is 2870. The van der Waals surface area contributed by atoms with Gasteiger partial charge in [0.15, 0.2) is 0 Å². The summed E-state index contributed by atoms with van der Waals surface area (Å²) in [6.45, 7) is 0. The maximum absolute atomic E-state index is 5.35. The van der Waals surface area contributed by atoms with Gasteiger partial charge in [0.2, 0.25) is 0 Å². The highest BCUT2D eigenvalue weighted by molar-refractivity contribution is 7.26. The molecule has 0 saturated carbocycles. The molecule has 2 aromatic heterocycles. The number of hydrogen-bond acceptors (Lipinski definition) is 3. The van der Waals surface area contributed by atoms with Gasteiger partial charge in [-0.3, -0.25) is 4.98 Å². The second-order valence-corrected chi connectivity index (χ2v) is 13.5. The lowest BCUT2D eigenvalue weighted by atomic mass is 9.89. The van der Waals surface area contributed by atoms with Gasteiger partial charge in [0.05, 0.1) is 22.9 Å². The molecule has 0 fully saturated rings. The summed E-state index contributed by atoms with van der Waals surface area (Å²) >= 11 is 1.87. The Kier molecular flexibility index (Phi) is 6.39. The predicted molar refractivity (Wildman–Crippen MR) is 209 cm³/mol. The van der Waals surface area contributed by atoms with Crippen LogP contribution in [0.5, 0.6) is 0 Å². The van der Waals surface area contributed by atoms with Crippen LogP contribution in [0.2, 0.25) is 0 Å². The van der Waals surface area contributed by atoms with E-state index in [0.717, 1.165) is 38.6 Å². The van der Waals surface area contributed by atoms with Crippen molar-refractivity contribution in [3.05, 3.63) is 170 Å². The van der Waals surface area contributed by atoms with Gasteiger partial charge in [-0.2, -0.15) is 0 Å². The van der Waals surface area contributed by atoms with E-state index in [1.807, 2.05) is 17.5 Å². The maximum atomic E-state index is 5.35. The molecule has 3 heteroatoms. The van der Waals surface area contributed by atoms with Gasteiger partial charge < -0.3 is 0 Å². The SMILES string of the molecule is c1cc(-c2ccccc2-c2ccccc2-c2cnc3c4ccccc4c4ccccc4c3n2)cc(-c2cccc3c2sc2ccccc23)c1. The normalized spacial score (nSPS) is 11.7. The predicted octanol–water partition coefficient (Wildman–Crippen LogP) is 13.0. The van der Waals surface area contributed by atoms with E-state index >= 15 is 0 Å². The Hall–Kier alpha value is -6.16. The Morgan fingerprint density at radius 2 is 0.878 bits per heavy atom. The minimum atomic E-state index is 0.864. The number of fused-ring (bicyclic) bond motifs is 9. The molecule has 0 unspecified atom stereocenters. The average Bonchev–Trinajstić information content (AvgIpc) is 3.57.